The number of esters is 2. The molecular formula is C27H30N2O5S. The minimum atomic E-state index is -0.989. The maximum atomic E-state index is 14.2. The normalized spacial score (nSPS) is 21.9. The lowest BCUT2D eigenvalue weighted by Gasteiger charge is -2.39. The molecule has 0 saturated carbocycles. The van der Waals surface area contributed by atoms with Gasteiger partial charge in [-0.25, -0.2) is 4.79 Å². The standard InChI is InChI=1S/C27H30N2O5S/c1-4-10-18-24(27(32)34-6-3)22(17-11-7-8-13-28-17)23-19(29-18)15-16(20-12-9-14-35-20)21(25(23)30)26(31)33-5-2/h7-9,11-14,16,21-22,29H,4-6,10,15H2,1-3H3/t16-,21-,22-/m0/s1. The predicted molar refractivity (Wildman–Crippen MR) is 133 cm³/mol. The molecular weight excluding hydrogens is 464 g/mol. The van der Waals surface area contributed by atoms with Crippen molar-refractivity contribution in [1.29, 1.82) is 0 Å². The molecule has 184 valence electrons. The molecule has 1 aliphatic carbocycles. The van der Waals surface area contributed by atoms with Crippen LogP contribution in [0.5, 0.6) is 0 Å². The topological polar surface area (TPSA) is 94.6 Å². The first-order valence-electron chi connectivity index (χ1n) is 12.1. The molecule has 0 radical (unpaired) electrons. The second-order valence-corrected chi connectivity index (χ2v) is 9.47. The highest BCUT2D eigenvalue weighted by molar-refractivity contribution is 7.10. The molecule has 1 aliphatic heterocycles. The van der Waals surface area contributed by atoms with Crippen molar-refractivity contribution in [2.24, 2.45) is 5.92 Å². The van der Waals surface area contributed by atoms with Gasteiger partial charge in [-0.15, -0.1) is 11.3 Å². The third-order valence-corrected chi connectivity index (χ3v) is 7.34. The van der Waals surface area contributed by atoms with Crippen LogP contribution >= 0.6 is 11.3 Å². The summed E-state index contributed by atoms with van der Waals surface area (Å²) in [6, 6.07) is 9.30. The van der Waals surface area contributed by atoms with Crippen LogP contribution in [0.3, 0.4) is 0 Å². The number of thiophene rings is 1. The first kappa shape index (κ1) is 24.9. The molecule has 1 N–H and O–H groups in total. The summed E-state index contributed by atoms with van der Waals surface area (Å²) < 4.78 is 10.8. The van der Waals surface area contributed by atoms with E-state index in [2.05, 4.69) is 10.3 Å². The lowest BCUT2D eigenvalue weighted by Crippen LogP contribution is -2.43. The SMILES string of the molecule is CCCC1=C(C(=O)OCC)[C@@H](c2ccccn2)C2=C(C[C@@H](c3cccs3)[C@H](C(=O)OCC)C2=O)N1. The summed E-state index contributed by atoms with van der Waals surface area (Å²) in [5, 5.41) is 5.36. The van der Waals surface area contributed by atoms with Crippen LogP contribution < -0.4 is 5.32 Å². The number of carbonyl (C=O) groups excluding carboxylic acids is 3. The number of dihydropyridines is 1. The highest BCUT2D eigenvalue weighted by Crippen LogP contribution is 2.48. The molecule has 0 aromatic carbocycles. The maximum Gasteiger partial charge on any atom is 0.336 e. The number of carbonyl (C=O) groups is 3. The van der Waals surface area contributed by atoms with Crippen molar-refractivity contribution < 1.29 is 23.9 Å². The number of hydrogen-bond donors (Lipinski definition) is 1. The largest absolute Gasteiger partial charge is 0.465 e. The van der Waals surface area contributed by atoms with E-state index in [-0.39, 0.29) is 24.9 Å². The molecule has 0 unspecified atom stereocenters. The van der Waals surface area contributed by atoms with Crippen LogP contribution in [0.1, 0.15) is 62.4 Å². The van der Waals surface area contributed by atoms with Gasteiger partial charge in [0.05, 0.1) is 30.4 Å². The van der Waals surface area contributed by atoms with Crippen molar-refractivity contribution in [2.75, 3.05) is 13.2 Å². The highest BCUT2D eigenvalue weighted by atomic mass is 32.1. The van der Waals surface area contributed by atoms with Gasteiger partial charge in [-0.3, -0.25) is 14.6 Å². The van der Waals surface area contributed by atoms with Crippen molar-refractivity contribution in [3.63, 3.8) is 0 Å². The first-order chi connectivity index (χ1) is 17.0. The molecule has 0 saturated heterocycles. The average Bonchev–Trinajstić information content (AvgIpc) is 3.39. The summed E-state index contributed by atoms with van der Waals surface area (Å²) in [7, 11) is 0. The number of allylic oxidation sites excluding steroid dienone is 3. The van der Waals surface area contributed by atoms with Crippen LogP contribution in [-0.4, -0.2) is 35.9 Å². The Morgan fingerprint density at radius 1 is 1.11 bits per heavy atom. The van der Waals surface area contributed by atoms with Crippen molar-refractivity contribution in [3.8, 4) is 0 Å². The highest BCUT2D eigenvalue weighted by Gasteiger charge is 2.49. The van der Waals surface area contributed by atoms with Gasteiger partial charge in [0.25, 0.3) is 0 Å². The summed E-state index contributed by atoms with van der Waals surface area (Å²) in [4.78, 5) is 46.0. The molecule has 4 rings (SSSR count). The number of nitrogens with zero attached hydrogens (tertiary/aromatic N) is 1. The molecule has 0 amide bonds. The summed E-state index contributed by atoms with van der Waals surface area (Å²) in [6.45, 7) is 5.91. The fourth-order valence-electron chi connectivity index (χ4n) is 4.96. The number of aromatic nitrogens is 1. The van der Waals surface area contributed by atoms with Gasteiger partial charge >= 0.3 is 11.9 Å². The molecule has 2 aromatic heterocycles. The zero-order chi connectivity index (χ0) is 24.9. The van der Waals surface area contributed by atoms with Crippen LogP contribution in [0.2, 0.25) is 0 Å². The maximum absolute atomic E-state index is 14.2. The predicted octanol–water partition coefficient (Wildman–Crippen LogP) is 4.64. The van der Waals surface area contributed by atoms with Crippen molar-refractivity contribution >= 4 is 29.1 Å². The molecule has 2 aromatic rings. The lowest BCUT2D eigenvalue weighted by molar-refractivity contribution is -0.152. The van der Waals surface area contributed by atoms with Crippen LogP contribution in [0.25, 0.3) is 0 Å². The minimum absolute atomic E-state index is 0.183. The Morgan fingerprint density at radius 2 is 1.91 bits per heavy atom. The molecule has 0 bridgehead atoms. The summed E-state index contributed by atoms with van der Waals surface area (Å²) in [6.07, 6.45) is 3.52. The molecule has 3 atom stereocenters. The number of rotatable bonds is 8. The van der Waals surface area contributed by atoms with Gasteiger partial charge in [-0.05, 0) is 50.3 Å². The minimum Gasteiger partial charge on any atom is -0.465 e. The molecule has 3 heterocycles. The van der Waals surface area contributed by atoms with E-state index in [1.54, 1.807) is 32.2 Å². The van der Waals surface area contributed by atoms with Crippen molar-refractivity contribution in [1.82, 2.24) is 10.3 Å². The van der Waals surface area contributed by atoms with E-state index >= 15 is 0 Å². The Bertz CT molecular complexity index is 1150. The molecule has 0 spiro atoms. The van der Waals surface area contributed by atoms with Crippen LogP contribution in [-0.2, 0) is 23.9 Å². The Balaban J connectivity index is 1.90. The molecule has 8 heteroatoms. The van der Waals surface area contributed by atoms with E-state index in [1.807, 2.05) is 30.5 Å². The van der Waals surface area contributed by atoms with E-state index in [0.717, 1.165) is 22.7 Å². The van der Waals surface area contributed by atoms with E-state index in [4.69, 9.17) is 9.47 Å². The average molecular weight is 495 g/mol. The summed E-state index contributed by atoms with van der Waals surface area (Å²) in [5.74, 6) is -3.40. The first-order valence-corrected chi connectivity index (χ1v) is 12.9. The Labute approximate surface area is 209 Å². The van der Waals surface area contributed by atoms with E-state index < -0.39 is 23.8 Å². The number of hydrogen-bond acceptors (Lipinski definition) is 8. The second kappa shape index (κ2) is 11.0. The fraction of sp³-hybridized carbons (Fsp3) is 0.407. The van der Waals surface area contributed by atoms with Crippen molar-refractivity contribution in [2.45, 2.75) is 51.9 Å². The lowest BCUT2D eigenvalue weighted by atomic mass is 9.68. The Hall–Kier alpha value is -3.26. The summed E-state index contributed by atoms with van der Waals surface area (Å²) >= 11 is 1.52. The number of ketones is 1. The number of Topliss-reactive ketones (excluding diaryl/α,β-unsaturated/α-hetero) is 1. The number of nitrogens with one attached hydrogen (secondary N) is 1. The van der Waals surface area contributed by atoms with Gasteiger partial charge in [-0.1, -0.05) is 25.5 Å². The number of pyridine rings is 1. The van der Waals surface area contributed by atoms with E-state index in [1.165, 1.54) is 11.3 Å². The van der Waals surface area contributed by atoms with E-state index in [0.29, 0.717) is 29.7 Å². The van der Waals surface area contributed by atoms with Gasteiger partial charge in [0.2, 0.25) is 0 Å². The quantitative estimate of drug-likeness (QED) is 0.422. The van der Waals surface area contributed by atoms with Crippen LogP contribution in [0.4, 0.5) is 0 Å². The Morgan fingerprint density at radius 3 is 2.54 bits per heavy atom. The summed E-state index contributed by atoms with van der Waals surface area (Å²) in [5.41, 5.74) is 2.84. The van der Waals surface area contributed by atoms with E-state index in [9.17, 15) is 14.4 Å². The molecule has 2 aliphatic rings. The fourth-order valence-corrected chi connectivity index (χ4v) is 5.83. The van der Waals surface area contributed by atoms with Gasteiger partial charge in [0.1, 0.15) is 5.92 Å². The molecule has 7 nitrogen and oxygen atoms in total. The van der Waals surface area contributed by atoms with Gasteiger partial charge < -0.3 is 14.8 Å². The number of ether oxygens (including phenoxy) is 2. The monoisotopic (exact) mass is 494 g/mol. The molecule has 35 heavy (non-hydrogen) atoms. The zero-order valence-corrected chi connectivity index (χ0v) is 21.0. The third-order valence-electron chi connectivity index (χ3n) is 6.33. The van der Waals surface area contributed by atoms with Gasteiger partial charge in [0.15, 0.2) is 5.78 Å². The van der Waals surface area contributed by atoms with Gasteiger partial charge in [0, 0.05) is 34.0 Å². The van der Waals surface area contributed by atoms with Crippen molar-refractivity contribution in [3.05, 3.63) is 75.0 Å². The van der Waals surface area contributed by atoms with Crippen LogP contribution in [0.15, 0.2) is 64.4 Å². The third kappa shape index (κ3) is 4.80. The molecule has 0 fully saturated rings. The van der Waals surface area contributed by atoms with Gasteiger partial charge in [-0.2, -0.15) is 0 Å². The smallest absolute Gasteiger partial charge is 0.336 e. The second-order valence-electron chi connectivity index (χ2n) is 8.49. The Kier molecular flexibility index (Phi) is 7.80. The zero-order valence-electron chi connectivity index (χ0n) is 20.2. The van der Waals surface area contributed by atoms with Crippen LogP contribution in [0, 0.1) is 5.92 Å².